The molecule has 0 spiro atoms. The highest BCUT2D eigenvalue weighted by atomic mass is 32.2. The van der Waals surface area contributed by atoms with Crippen LogP contribution in [0.5, 0.6) is 0 Å². The lowest BCUT2D eigenvalue weighted by Crippen LogP contribution is -2.30. The molecule has 0 aliphatic rings. The van der Waals surface area contributed by atoms with Crippen LogP contribution in [0.4, 0.5) is 5.13 Å². The van der Waals surface area contributed by atoms with Crippen LogP contribution in [0.15, 0.2) is 65.8 Å². The maximum atomic E-state index is 13.3. The van der Waals surface area contributed by atoms with Crippen LogP contribution in [0.2, 0.25) is 0 Å². The van der Waals surface area contributed by atoms with Gasteiger partial charge in [-0.1, -0.05) is 41.2 Å². The van der Waals surface area contributed by atoms with Gasteiger partial charge in [-0.3, -0.25) is 14.7 Å². The molecule has 2 aromatic carbocycles. The van der Waals surface area contributed by atoms with Gasteiger partial charge in [0.15, 0.2) is 5.13 Å². The summed E-state index contributed by atoms with van der Waals surface area (Å²) < 4.78 is 1.11. The van der Waals surface area contributed by atoms with Crippen LogP contribution in [-0.4, -0.2) is 21.6 Å². The van der Waals surface area contributed by atoms with Crippen molar-refractivity contribution in [3.05, 3.63) is 83.2 Å². The number of benzene rings is 2. The highest BCUT2D eigenvalue weighted by Gasteiger charge is 2.21. The predicted molar refractivity (Wildman–Crippen MR) is 131 cm³/mol. The molecule has 31 heavy (non-hydrogen) atoms. The molecule has 0 atom stereocenters. The summed E-state index contributed by atoms with van der Waals surface area (Å²) in [6.45, 7) is 6.73. The Morgan fingerprint density at radius 1 is 1.06 bits per heavy atom. The average Bonchev–Trinajstić information content (AvgIpc) is 3.21. The van der Waals surface area contributed by atoms with Gasteiger partial charge >= 0.3 is 0 Å². The fraction of sp³-hybridized carbons (Fsp3) is 0.240. The number of aromatic nitrogens is 2. The van der Waals surface area contributed by atoms with Crippen molar-refractivity contribution in [3.8, 4) is 0 Å². The molecule has 4 aromatic rings. The average molecular weight is 448 g/mol. The molecule has 0 aliphatic carbocycles. The molecule has 0 N–H and O–H groups in total. The van der Waals surface area contributed by atoms with Gasteiger partial charge in [0.25, 0.3) is 0 Å². The summed E-state index contributed by atoms with van der Waals surface area (Å²) in [5.41, 5.74) is 5.60. The third kappa shape index (κ3) is 5.14. The zero-order valence-corrected chi connectivity index (χ0v) is 19.6. The molecule has 158 valence electrons. The smallest absolute Gasteiger partial charge is 0.229 e. The second-order valence-corrected chi connectivity index (χ2v) is 9.78. The fourth-order valence-corrected chi connectivity index (χ4v) is 5.17. The molecule has 2 heterocycles. The van der Waals surface area contributed by atoms with Gasteiger partial charge in [-0.2, -0.15) is 0 Å². The van der Waals surface area contributed by atoms with Gasteiger partial charge < -0.3 is 0 Å². The number of amides is 1. The SMILES string of the molecule is Cc1ccc(SCCC(=O)N(Cc2cccnc2)c2nc3c(C)c(C)ccc3s2)cc1. The van der Waals surface area contributed by atoms with Crippen LogP contribution in [0.1, 0.15) is 28.7 Å². The summed E-state index contributed by atoms with van der Waals surface area (Å²) >= 11 is 3.28. The van der Waals surface area contributed by atoms with Gasteiger partial charge in [-0.15, -0.1) is 11.8 Å². The number of pyridine rings is 1. The van der Waals surface area contributed by atoms with E-state index in [-0.39, 0.29) is 5.91 Å². The number of anilines is 1. The Labute approximate surface area is 191 Å². The van der Waals surface area contributed by atoms with E-state index < -0.39 is 0 Å². The summed E-state index contributed by atoms with van der Waals surface area (Å²) in [7, 11) is 0. The Hall–Kier alpha value is -2.70. The molecule has 1 amide bonds. The minimum absolute atomic E-state index is 0.0805. The minimum atomic E-state index is 0.0805. The van der Waals surface area contributed by atoms with Crippen molar-refractivity contribution in [2.24, 2.45) is 0 Å². The summed E-state index contributed by atoms with van der Waals surface area (Å²) in [6.07, 6.45) is 4.01. The molecular weight excluding hydrogens is 422 g/mol. The van der Waals surface area contributed by atoms with E-state index in [2.05, 4.69) is 62.2 Å². The number of carbonyl (C=O) groups is 1. The van der Waals surface area contributed by atoms with Crippen molar-refractivity contribution in [3.63, 3.8) is 0 Å². The van der Waals surface area contributed by atoms with E-state index in [9.17, 15) is 4.79 Å². The number of rotatable bonds is 7. The normalized spacial score (nSPS) is 11.1. The first-order valence-corrected chi connectivity index (χ1v) is 12.1. The Balaban J connectivity index is 1.56. The van der Waals surface area contributed by atoms with Crippen LogP contribution in [-0.2, 0) is 11.3 Å². The number of thiazole rings is 1. The number of hydrogen-bond acceptors (Lipinski definition) is 5. The Bertz CT molecular complexity index is 1190. The molecule has 0 saturated carbocycles. The summed E-state index contributed by atoms with van der Waals surface area (Å²) in [5.74, 6) is 0.811. The molecular formula is C25H25N3OS2. The van der Waals surface area contributed by atoms with Crippen molar-refractivity contribution in [1.29, 1.82) is 0 Å². The van der Waals surface area contributed by atoms with Crippen LogP contribution >= 0.6 is 23.1 Å². The zero-order valence-electron chi connectivity index (χ0n) is 18.0. The minimum Gasteiger partial charge on any atom is -0.284 e. The molecule has 2 aromatic heterocycles. The van der Waals surface area contributed by atoms with Gasteiger partial charge in [0.05, 0.1) is 16.8 Å². The first-order chi connectivity index (χ1) is 15.0. The quantitative estimate of drug-likeness (QED) is 0.311. The lowest BCUT2D eigenvalue weighted by atomic mass is 10.1. The molecule has 0 radical (unpaired) electrons. The highest BCUT2D eigenvalue weighted by molar-refractivity contribution is 7.99. The van der Waals surface area contributed by atoms with Gasteiger partial charge in [0.2, 0.25) is 5.91 Å². The number of thioether (sulfide) groups is 1. The molecule has 0 fully saturated rings. The topological polar surface area (TPSA) is 46.1 Å². The maximum Gasteiger partial charge on any atom is 0.229 e. The number of hydrogen-bond donors (Lipinski definition) is 0. The lowest BCUT2D eigenvalue weighted by Gasteiger charge is -2.20. The maximum absolute atomic E-state index is 13.3. The molecule has 6 heteroatoms. The van der Waals surface area contributed by atoms with E-state index >= 15 is 0 Å². The van der Waals surface area contributed by atoms with E-state index in [0.29, 0.717) is 13.0 Å². The van der Waals surface area contributed by atoms with E-state index in [0.717, 1.165) is 26.7 Å². The summed E-state index contributed by atoms with van der Waals surface area (Å²) in [5, 5.41) is 0.748. The number of fused-ring (bicyclic) bond motifs is 1. The third-order valence-electron chi connectivity index (χ3n) is 5.27. The fourth-order valence-electron chi connectivity index (χ4n) is 3.29. The first kappa shape index (κ1) is 21.5. The van der Waals surface area contributed by atoms with Crippen LogP contribution < -0.4 is 4.90 Å². The van der Waals surface area contributed by atoms with Gasteiger partial charge in [0.1, 0.15) is 0 Å². The molecule has 0 bridgehead atoms. The summed E-state index contributed by atoms with van der Waals surface area (Å²) in [4.78, 5) is 25.3. The first-order valence-electron chi connectivity index (χ1n) is 10.3. The van der Waals surface area contributed by atoms with E-state index in [1.807, 2.05) is 23.2 Å². The summed E-state index contributed by atoms with van der Waals surface area (Å²) in [6, 6.07) is 16.5. The molecule has 4 nitrogen and oxygen atoms in total. The van der Waals surface area contributed by atoms with Crippen LogP contribution in [0, 0.1) is 20.8 Å². The van der Waals surface area contributed by atoms with Gasteiger partial charge in [0, 0.05) is 29.5 Å². The van der Waals surface area contributed by atoms with Crippen molar-refractivity contribution in [2.45, 2.75) is 38.6 Å². The number of aryl methyl sites for hydroxylation is 3. The van der Waals surface area contributed by atoms with E-state index in [4.69, 9.17) is 4.98 Å². The second-order valence-electron chi connectivity index (χ2n) is 7.60. The zero-order chi connectivity index (χ0) is 21.8. The van der Waals surface area contributed by atoms with Crippen molar-refractivity contribution in [2.75, 3.05) is 10.7 Å². The standard InChI is InChI=1S/C25H25N3OS2/c1-17-6-9-21(10-7-17)30-14-12-23(29)28(16-20-5-4-13-26-15-20)25-27-24-19(3)18(2)8-11-22(24)31-25/h4-11,13,15H,12,14,16H2,1-3H3. The third-order valence-corrected chi connectivity index (χ3v) is 7.33. The van der Waals surface area contributed by atoms with Crippen molar-refractivity contribution >= 4 is 44.4 Å². The monoisotopic (exact) mass is 447 g/mol. The van der Waals surface area contributed by atoms with E-state index in [1.165, 1.54) is 21.6 Å². The Kier molecular flexibility index (Phi) is 6.68. The van der Waals surface area contributed by atoms with Crippen molar-refractivity contribution < 1.29 is 4.79 Å². The van der Waals surface area contributed by atoms with Crippen LogP contribution in [0.3, 0.4) is 0 Å². The molecule has 0 aliphatic heterocycles. The highest BCUT2D eigenvalue weighted by Crippen LogP contribution is 2.33. The number of nitrogens with zero attached hydrogens (tertiary/aromatic N) is 3. The van der Waals surface area contributed by atoms with Gasteiger partial charge in [-0.05, 0) is 61.7 Å². The van der Waals surface area contributed by atoms with Crippen molar-refractivity contribution in [1.82, 2.24) is 9.97 Å². The largest absolute Gasteiger partial charge is 0.284 e. The van der Waals surface area contributed by atoms with E-state index in [1.54, 1.807) is 29.3 Å². The number of carbonyl (C=O) groups excluding carboxylic acids is 1. The molecule has 0 saturated heterocycles. The van der Waals surface area contributed by atoms with Gasteiger partial charge in [-0.25, -0.2) is 4.98 Å². The molecule has 0 unspecified atom stereocenters. The second kappa shape index (κ2) is 9.62. The lowest BCUT2D eigenvalue weighted by molar-refractivity contribution is -0.118. The molecule has 4 rings (SSSR count). The Morgan fingerprint density at radius 3 is 2.61 bits per heavy atom. The Morgan fingerprint density at radius 2 is 1.87 bits per heavy atom. The predicted octanol–water partition coefficient (Wildman–Crippen LogP) is 6.33. The van der Waals surface area contributed by atoms with Crippen LogP contribution in [0.25, 0.3) is 10.2 Å².